The highest BCUT2D eigenvalue weighted by Gasteiger charge is 2.16. The highest BCUT2D eigenvalue weighted by Crippen LogP contribution is 2.19. The summed E-state index contributed by atoms with van der Waals surface area (Å²) in [6, 6.07) is 0. The molecule has 0 radical (unpaired) electrons. The summed E-state index contributed by atoms with van der Waals surface area (Å²) in [5, 5.41) is 9.70. The Morgan fingerprint density at radius 1 is 0.304 bits per heavy atom. The molecular formula is C74H136O5. The fourth-order valence-electron chi connectivity index (χ4n) is 10.8. The first-order valence-corrected chi connectivity index (χ1v) is 35.3. The van der Waals surface area contributed by atoms with Crippen LogP contribution in [0.1, 0.15) is 380 Å². The van der Waals surface area contributed by atoms with Crippen LogP contribution < -0.4 is 0 Å². The summed E-state index contributed by atoms with van der Waals surface area (Å²) < 4.78 is 10.8. The topological polar surface area (TPSA) is 72.8 Å². The number of hydrogen-bond acceptors (Lipinski definition) is 5. The molecule has 462 valence electrons. The van der Waals surface area contributed by atoms with Gasteiger partial charge in [-0.1, -0.05) is 370 Å². The zero-order chi connectivity index (χ0) is 56.9. The molecule has 0 heterocycles. The minimum absolute atomic E-state index is 0.0588. The van der Waals surface area contributed by atoms with E-state index in [4.69, 9.17) is 9.47 Å². The molecule has 0 aliphatic heterocycles. The van der Waals surface area contributed by atoms with E-state index in [1.54, 1.807) is 0 Å². The Kier molecular flexibility index (Phi) is 67.7. The maximum absolute atomic E-state index is 12.4. The van der Waals surface area contributed by atoms with Crippen LogP contribution in [0.3, 0.4) is 0 Å². The molecule has 0 bridgehead atoms. The van der Waals surface area contributed by atoms with Gasteiger partial charge in [-0.2, -0.15) is 0 Å². The average Bonchev–Trinajstić information content (AvgIpc) is 3.45. The molecule has 0 amide bonds. The lowest BCUT2D eigenvalue weighted by Crippen LogP contribution is -2.28. The van der Waals surface area contributed by atoms with Crippen molar-refractivity contribution in [2.24, 2.45) is 0 Å². The molecule has 0 spiro atoms. The lowest BCUT2D eigenvalue weighted by atomic mass is 10.0. The van der Waals surface area contributed by atoms with Gasteiger partial charge in [-0.15, -0.1) is 0 Å². The molecule has 5 heteroatoms. The second-order valence-electron chi connectivity index (χ2n) is 23.9. The molecule has 0 saturated carbocycles. The van der Waals surface area contributed by atoms with E-state index in [-0.39, 0.29) is 25.2 Å². The number of aliphatic hydroxyl groups excluding tert-OH is 1. The van der Waals surface area contributed by atoms with Crippen LogP contribution in [0.5, 0.6) is 0 Å². The summed E-state index contributed by atoms with van der Waals surface area (Å²) in [6.45, 7) is 4.09. The lowest BCUT2D eigenvalue weighted by molar-refractivity contribution is -0.161. The zero-order valence-electron chi connectivity index (χ0n) is 53.2. The minimum Gasteiger partial charge on any atom is -0.462 e. The molecule has 1 unspecified atom stereocenters. The second-order valence-corrected chi connectivity index (χ2v) is 23.9. The number of esters is 2. The van der Waals surface area contributed by atoms with E-state index in [2.05, 4.69) is 74.6 Å². The van der Waals surface area contributed by atoms with Gasteiger partial charge in [0.15, 0.2) is 6.10 Å². The van der Waals surface area contributed by atoms with Gasteiger partial charge in [0.2, 0.25) is 0 Å². The van der Waals surface area contributed by atoms with Gasteiger partial charge in [0.25, 0.3) is 0 Å². The Morgan fingerprint density at radius 3 is 0.823 bits per heavy atom. The Morgan fingerprint density at radius 2 is 0.544 bits per heavy atom. The number of hydrogen-bond donors (Lipinski definition) is 1. The molecular weight excluding hydrogens is 969 g/mol. The molecule has 0 aromatic heterocycles. The molecule has 1 N–H and O–H groups in total. The second kappa shape index (κ2) is 69.9. The van der Waals surface area contributed by atoms with Crippen molar-refractivity contribution in [3.05, 3.63) is 60.8 Å². The quantitative estimate of drug-likeness (QED) is 0.0373. The number of carbonyl (C=O) groups is 2. The maximum atomic E-state index is 12.4. The van der Waals surface area contributed by atoms with E-state index in [9.17, 15) is 14.7 Å². The van der Waals surface area contributed by atoms with Crippen molar-refractivity contribution in [2.45, 2.75) is 386 Å². The molecule has 0 fully saturated rings. The number of allylic oxidation sites excluding steroid dienone is 10. The van der Waals surface area contributed by atoms with Gasteiger partial charge >= 0.3 is 11.9 Å². The first kappa shape index (κ1) is 76.6. The van der Waals surface area contributed by atoms with Crippen LogP contribution in [-0.4, -0.2) is 36.4 Å². The number of aliphatic hydroxyl groups is 1. The third kappa shape index (κ3) is 68.0. The van der Waals surface area contributed by atoms with Gasteiger partial charge in [0, 0.05) is 12.8 Å². The average molecular weight is 1110 g/mol. The van der Waals surface area contributed by atoms with E-state index in [1.165, 1.54) is 289 Å². The molecule has 5 nitrogen and oxygen atoms in total. The Labute approximate surface area is 493 Å². The Bertz CT molecular complexity index is 1340. The molecule has 1 atom stereocenters. The van der Waals surface area contributed by atoms with E-state index >= 15 is 0 Å². The van der Waals surface area contributed by atoms with Crippen molar-refractivity contribution in [2.75, 3.05) is 13.2 Å². The monoisotopic (exact) mass is 1110 g/mol. The summed E-state index contributed by atoms with van der Waals surface area (Å²) in [4.78, 5) is 24.6. The third-order valence-electron chi connectivity index (χ3n) is 16.1. The van der Waals surface area contributed by atoms with Gasteiger partial charge in [0.05, 0.1) is 6.61 Å². The SMILES string of the molecule is CC/C=C\C/C=C\C/C=C\C/C=C\C/C=C\CCCCCCCCCCCCCCCCCCCCCCCCCCCC(=O)OC(CO)COC(=O)CCCCCCCCCCCCCCCCCCCCCCCCCC. The summed E-state index contributed by atoms with van der Waals surface area (Å²) in [5.41, 5.74) is 0. The van der Waals surface area contributed by atoms with Crippen molar-refractivity contribution in [3.63, 3.8) is 0 Å². The number of rotatable bonds is 66. The predicted molar refractivity (Wildman–Crippen MR) is 348 cm³/mol. The largest absolute Gasteiger partial charge is 0.462 e. The standard InChI is InChI=1S/C74H136O5/c1-3-5-7-9-11-13-15-17-19-21-23-25-27-29-30-31-32-33-34-35-36-37-38-39-40-41-42-43-44-45-47-49-51-53-55-57-59-61-63-65-67-69-74(77)79-72(70-75)71-78-73(76)68-66-64-62-60-58-56-54-52-50-48-46-28-26-24-22-20-18-16-14-12-10-8-6-4-2/h5,7,11,13,17,19,23,25,29-30,72,75H,3-4,6,8-10,12,14-16,18,20-22,24,26-28,31-71H2,1-2H3/b7-5-,13-11-,19-17-,25-23-,30-29-. The van der Waals surface area contributed by atoms with Crippen LogP contribution in [0.4, 0.5) is 0 Å². The maximum Gasteiger partial charge on any atom is 0.306 e. The number of unbranched alkanes of at least 4 members (excludes halogenated alkanes) is 48. The minimum atomic E-state index is -0.769. The van der Waals surface area contributed by atoms with Gasteiger partial charge in [-0.05, 0) is 57.8 Å². The highest BCUT2D eigenvalue weighted by atomic mass is 16.6. The van der Waals surface area contributed by atoms with Crippen LogP contribution in [0, 0.1) is 0 Å². The first-order chi connectivity index (χ1) is 39.1. The van der Waals surface area contributed by atoms with Crippen LogP contribution in [0.15, 0.2) is 60.8 Å². The van der Waals surface area contributed by atoms with Gasteiger partial charge in [0.1, 0.15) is 6.61 Å². The van der Waals surface area contributed by atoms with Crippen molar-refractivity contribution >= 4 is 11.9 Å². The highest BCUT2D eigenvalue weighted by molar-refractivity contribution is 5.70. The van der Waals surface area contributed by atoms with Crippen molar-refractivity contribution in [3.8, 4) is 0 Å². The van der Waals surface area contributed by atoms with E-state index < -0.39 is 6.10 Å². The summed E-state index contributed by atoms with van der Waals surface area (Å²) in [7, 11) is 0. The van der Waals surface area contributed by atoms with Crippen LogP contribution in [0.25, 0.3) is 0 Å². The van der Waals surface area contributed by atoms with Crippen molar-refractivity contribution in [1.82, 2.24) is 0 Å². The first-order valence-electron chi connectivity index (χ1n) is 35.3. The molecule has 0 aromatic carbocycles. The Hall–Kier alpha value is -2.40. The molecule has 0 rings (SSSR count). The number of carbonyl (C=O) groups excluding carboxylic acids is 2. The summed E-state index contributed by atoms with van der Waals surface area (Å²) in [5.74, 6) is -0.565. The molecule has 79 heavy (non-hydrogen) atoms. The van der Waals surface area contributed by atoms with Crippen LogP contribution in [-0.2, 0) is 19.1 Å². The predicted octanol–water partition coefficient (Wildman–Crippen LogP) is 24.5. The van der Waals surface area contributed by atoms with Gasteiger partial charge in [-0.3, -0.25) is 9.59 Å². The third-order valence-corrected chi connectivity index (χ3v) is 16.1. The van der Waals surface area contributed by atoms with Crippen molar-refractivity contribution < 1.29 is 24.2 Å². The van der Waals surface area contributed by atoms with Crippen LogP contribution in [0.2, 0.25) is 0 Å². The van der Waals surface area contributed by atoms with Gasteiger partial charge in [-0.25, -0.2) is 0 Å². The Balaban J connectivity index is 3.38. The van der Waals surface area contributed by atoms with Crippen LogP contribution >= 0.6 is 0 Å². The van der Waals surface area contributed by atoms with E-state index in [0.29, 0.717) is 12.8 Å². The molecule has 0 saturated heterocycles. The smallest absolute Gasteiger partial charge is 0.306 e. The summed E-state index contributed by atoms with van der Waals surface area (Å²) in [6.07, 6.45) is 95.5. The molecule has 0 aliphatic carbocycles. The lowest BCUT2D eigenvalue weighted by Gasteiger charge is -2.15. The molecule has 0 aliphatic rings. The number of ether oxygens (including phenoxy) is 2. The van der Waals surface area contributed by atoms with Crippen molar-refractivity contribution in [1.29, 1.82) is 0 Å². The van der Waals surface area contributed by atoms with E-state index in [0.717, 1.165) is 64.2 Å². The fourth-order valence-corrected chi connectivity index (χ4v) is 10.8. The fraction of sp³-hybridized carbons (Fsp3) is 0.838. The summed E-state index contributed by atoms with van der Waals surface area (Å²) >= 11 is 0. The van der Waals surface area contributed by atoms with E-state index in [1.807, 2.05) is 0 Å². The van der Waals surface area contributed by atoms with Gasteiger partial charge < -0.3 is 14.6 Å². The molecule has 0 aromatic rings. The zero-order valence-corrected chi connectivity index (χ0v) is 53.2. The normalized spacial score (nSPS) is 12.5.